The predicted molar refractivity (Wildman–Crippen MR) is 79.6 cm³/mol. The number of rotatable bonds is 4. The van der Waals surface area contributed by atoms with Crippen LogP contribution in [0.15, 0.2) is 30.3 Å². The van der Waals surface area contributed by atoms with Gasteiger partial charge in [0.2, 0.25) is 5.91 Å². The third-order valence-corrected chi connectivity index (χ3v) is 4.87. The fourth-order valence-corrected chi connectivity index (χ4v) is 3.31. The highest BCUT2D eigenvalue weighted by Crippen LogP contribution is 2.45. The van der Waals surface area contributed by atoms with Gasteiger partial charge in [-0.2, -0.15) is 0 Å². The number of ether oxygens (including phenoxy) is 1. The van der Waals surface area contributed by atoms with Gasteiger partial charge in [-0.1, -0.05) is 30.3 Å². The van der Waals surface area contributed by atoms with Crippen LogP contribution in [0, 0.1) is 5.92 Å². The molecule has 0 saturated heterocycles. The number of methoxy groups -OCH3 is 1. The molecule has 0 bridgehead atoms. The number of carbonyl (C=O) groups excluding carboxylic acids is 1. The second-order valence-electron chi connectivity index (χ2n) is 6.29. The van der Waals surface area contributed by atoms with Crippen molar-refractivity contribution >= 4 is 5.91 Å². The summed E-state index contributed by atoms with van der Waals surface area (Å²) in [5, 5.41) is 13.1. The maximum absolute atomic E-state index is 12.5. The zero-order valence-electron chi connectivity index (χ0n) is 12.4. The van der Waals surface area contributed by atoms with Crippen molar-refractivity contribution in [2.75, 3.05) is 7.11 Å². The first-order valence-corrected chi connectivity index (χ1v) is 7.73. The van der Waals surface area contributed by atoms with Crippen molar-refractivity contribution in [1.82, 2.24) is 5.32 Å². The SMILES string of the molecule is CO[C@@H]1C[C@H](C(=O)NC2(c3ccccc3)CC2)CC[C@@H]1O. The summed E-state index contributed by atoms with van der Waals surface area (Å²) >= 11 is 0. The maximum Gasteiger partial charge on any atom is 0.223 e. The molecular formula is C17H23NO3. The Morgan fingerprint density at radius 1 is 1.29 bits per heavy atom. The number of hydrogen-bond acceptors (Lipinski definition) is 3. The molecule has 4 nitrogen and oxygen atoms in total. The number of nitrogens with one attached hydrogen (secondary N) is 1. The number of benzene rings is 1. The summed E-state index contributed by atoms with van der Waals surface area (Å²) < 4.78 is 5.28. The van der Waals surface area contributed by atoms with Gasteiger partial charge >= 0.3 is 0 Å². The monoisotopic (exact) mass is 289 g/mol. The first kappa shape index (κ1) is 14.5. The molecule has 4 heteroatoms. The van der Waals surface area contributed by atoms with Gasteiger partial charge in [-0.15, -0.1) is 0 Å². The summed E-state index contributed by atoms with van der Waals surface area (Å²) in [5.74, 6) is 0.0461. The van der Waals surface area contributed by atoms with E-state index in [2.05, 4.69) is 17.4 Å². The minimum atomic E-state index is -0.442. The van der Waals surface area contributed by atoms with Gasteiger partial charge < -0.3 is 15.2 Å². The quantitative estimate of drug-likeness (QED) is 0.891. The van der Waals surface area contributed by atoms with Crippen molar-refractivity contribution in [1.29, 1.82) is 0 Å². The molecule has 0 aromatic heterocycles. The van der Waals surface area contributed by atoms with Gasteiger partial charge in [-0.05, 0) is 37.7 Å². The van der Waals surface area contributed by atoms with Gasteiger partial charge in [0.15, 0.2) is 0 Å². The third-order valence-electron chi connectivity index (χ3n) is 4.87. The van der Waals surface area contributed by atoms with Crippen molar-refractivity contribution in [3.8, 4) is 0 Å². The summed E-state index contributed by atoms with van der Waals surface area (Å²) in [7, 11) is 1.60. The molecule has 0 radical (unpaired) electrons. The number of aliphatic hydroxyl groups is 1. The fraction of sp³-hybridized carbons (Fsp3) is 0.588. The standard InChI is InChI=1S/C17H23NO3/c1-21-15-11-12(7-8-14(15)19)16(20)18-17(9-10-17)13-5-3-2-4-6-13/h2-6,12,14-15,19H,7-11H2,1H3,(H,18,20)/t12-,14+,15-/m1/s1. The first-order chi connectivity index (χ1) is 10.1. The summed E-state index contributed by atoms with van der Waals surface area (Å²) in [4.78, 5) is 12.5. The molecule has 0 unspecified atom stereocenters. The highest BCUT2D eigenvalue weighted by molar-refractivity contribution is 5.80. The maximum atomic E-state index is 12.5. The highest BCUT2D eigenvalue weighted by atomic mass is 16.5. The lowest BCUT2D eigenvalue weighted by Crippen LogP contribution is -2.44. The fourth-order valence-electron chi connectivity index (χ4n) is 3.31. The largest absolute Gasteiger partial charge is 0.390 e. The zero-order chi connectivity index (χ0) is 14.9. The normalized spacial score (nSPS) is 30.7. The Hall–Kier alpha value is -1.39. The van der Waals surface area contributed by atoms with E-state index in [0.29, 0.717) is 12.8 Å². The Bertz CT molecular complexity index is 498. The predicted octanol–water partition coefficient (Wildman–Crippen LogP) is 1.97. The van der Waals surface area contributed by atoms with E-state index in [4.69, 9.17) is 4.74 Å². The molecule has 3 atom stereocenters. The lowest BCUT2D eigenvalue weighted by atomic mass is 9.84. The average Bonchev–Trinajstić information content (AvgIpc) is 3.29. The molecule has 1 amide bonds. The summed E-state index contributed by atoms with van der Waals surface area (Å²) in [6.07, 6.45) is 3.32. The van der Waals surface area contributed by atoms with Crippen LogP contribution in [0.25, 0.3) is 0 Å². The molecule has 1 aromatic rings. The van der Waals surface area contributed by atoms with Crippen LogP contribution in [0.1, 0.15) is 37.7 Å². The number of carbonyl (C=O) groups is 1. The second-order valence-corrected chi connectivity index (χ2v) is 6.29. The minimum Gasteiger partial charge on any atom is -0.390 e. The van der Waals surface area contributed by atoms with Crippen LogP contribution in [-0.4, -0.2) is 30.3 Å². The Balaban J connectivity index is 1.64. The molecule has 3 rings (SSSR count). The van der Waals surface area contributed by atoms with Crippen LogP contribution in [0.5, 0.6) is 0 Å². The van der Waals surface area contributed by atoms with Crippen molar-refractivity contribution < 1.29 is 14.6 Å². The van der Waals surface area contributed by atoms with E-state index < -0.39 is 6.10 Å². The van der Waals surface area contributed by atoms with Crippen LogP contribution >= 0.6 is 0 Å². The van der Waals surface area contributed by atoms with Crippen LogP contribution < -0.4 is 5.32 Å². The van der Waals surface area contributed by atoms with Gasteiger partial charge in [-0.25, -0.2) is 0 Å². The number of amides is 1. The Labute approximate surface area is 125 Å². The van der Waals surface area contributed by atoms with Gasteiger partial charge in [0.05, 0.1) is 17.7 Å². The molecule has 2 aliphatic rings. The molecule has 114 valence electrons. The molecule has 0 aliphatic heterocycles. The molecule has 21 heavy (non-hydrogen) atoms. The Kier molecular flexibility index (Phi) is 4.00. The molecule has 2 N–H and O–H groups in total. The van der Waals surface area contributed by atoms with Gasteiger partial charge in [0, 0.05) is 13.0 Å². The minimum absolute atomic E-state index is 0.0560. The summed E-state index contributed by atoms with van der Waals surface area (Å²) in [6.45, 7) is 0. The van der Waals surface area contributed by atoms with E-state index in [9.17, 15) is 9.90 Å². The molecule has 2 fully saturated rings. The third kappa shape index (κ3) is 2.97. The first-order valence-electron chi connectivity index (χ1n) is 7.73. The van der Waals surface area contributed by atoms with Crippen molar-refractivity contribution in [3.63, 3.8) is 0 Å². The van der Waals surface area contributed by atoms with E-state index in [1.54, 1.807) is 7.11 Å². The second kappa shape index (κ2) is 5.78. The van der Waals surface area contributed by atoms with Crippen molar-refractivity contribution in [2.24, 2.45) is 5.92 Å². The van der Waals surface area contributed by atoms with E-state index in [-0.39, 0.29) is 23.5 Å². The Morgan fingerprint density at radius 2 is 2.00 bits per heavy atom. The van der Waals surface area contributed by atoms with Crippen LogP contribution in [0.2, 0.25) is 0 Å². The molecule has 2 aliphatic carbocycles. The van der Waals surface area contributed by atoms with Gasteiger partial charge in [-0.3, -0.25) is 4.79 Å². The van der Waals surface area contributed by atoms with Crippen LogP contribution in [0.3, 0.4) is 0 Å². The summed E-state index contributed by atoms with van der Waals surface area (Å²) in [5.41, 5.74) is 1.04. The summed E-state index contributed by atoms with van der Waals surface area (Å²) in [6, 6.07) is 10.2. The molecule has 1 aromatic carbocycles. The molecule has 0 spiro atoms. The van der Waals surface area contributed by atoms with Crippen LogP contribution in [-0.2, 0) is 15.1 Å². The van der Waals surface area contributed by atoms with Gasteiger partial charge in [0.1, 0.15) is 0 Å². The zero-order valence-corrected chi connectivity index (χ0v) is 12.4. The van der Waals surface area contributed by atoms with E-state index in [0.717, 1.165) is 19.3 Å². The molecular weight excluding hydrogens is 266 g/mol. The average molecular weight is 289 g/mol. The molecule has 2 saturated carbocycles. The smallest absolute Gasteiger partial charge is 0.223 e. The van der Waals surface area contributed by atoms with E-state index >= 15 is 0 Å². The van der Waals surface area contributed by atoms with Crippen LogP contribution in [0.4, 0.5) is 0 Å². The lowest BCUT2D eigenvalue weighted by Gasteiger charge is -2.32. The topological polar surface area (TPSA) is 58.6 Å². The number of hydrogen-bond donors (Lipinski definition) is 2. The van der Waals surface area contributed by atoms with E-state index in [1.807, 2.05) is 18.2 Å². The highest BCUT2D eigenvalue weighted by Gasteiger charge is 2.47. The van der Waals surface area contributed by atoms with Gasteiger partial charge in [0.25, 0.3) is 0 Å². The van der Waals surface area contributed by atoms with Crippen molar-refractivity contribution in [3.05, 3.63) is 35.9 Å². The Morgan fingerprint density at radius 3 is 2.62 bits per heavy atom. The number of aliphatic hydroxyl groups excluding tert-OH is 1. The molecule has 0 heterocycles. The van der Waals surface area contributed by atoms with E-state index in [1.165, 1.54) is 5.56 Å². The lowest BCUT2D eigenvalue weighted by molar-refractivity contribution is -0.131. The van der Waals surface area contributed by atoms with Crippen molar-refractivity contribution in [2.45, 2.75) is 49.9 Å².